The summed E-state index contributed by atoms with van der Waals surface area (Å²) in [5.74, 6) is -1.29. The zero-order valence-corrected chi connectivity index (χ0v) is 30.0. The largest absolute Gasteiger partial charge is 0.449 e. The highest BCUT2D eigenvalue weighted by Gasteiger charge is 2.31. The van der Waals surface area contributed by atoms with Gasteiger partial charge < -0.3 is 20.1 Å². The number of carbonyl (C=O) groups excluding carboxylic acids is 4. The van der Waals surface area contributed by atoms with E-state index in [-0.39, 0.29) is 36.6 Å². The van der Waals surface area contributed by atoms with E-state index in [4.69, 9.17) is 9.47 Å². The number of nitrogens with one attached hydrogen (secondary N) is 4. The number of thiol groups is 2. The third-order valence-electron chi connectivity index (χ3n) is 8.60. The van der Waals surface area contributed by atoms with Gasteiger partial charge in [0, 0.05) is 45.3 Å². The number of benzene rings is 4. The van der Waals surface area contributed by atoms with Crippen molar-refractivity contribution in [3.63, 3.8) is 0 Å². The van der Waals surface area contributed by atoms with E-state index in [2.05, 4.69) is 45.3 Å². The zero-order chi connectivity index (χ0) is 35.0. The molecule has 4 aromatic rings. The van der Waals surface area contributed by atoms with E-state index in [1.54, 1.807) is 0 Å². The van der Waals surface area contributed by atoms with Crippen molar-refractivity contribution >= 4 is 71.2 Å². The summed E-state index contributed by atoms with van der Waals surface area (Å²) in [5, 5.41) is 5.10. The molecule has 0 radical (unpaired) electrons. The van der Waals surface area contributed by atoms with Crippen molar-refractivity contribution in [1.29, 1.82) is 0 Å². The minimum absolute atomic E-state index is 0.0133. The number of ether oxygens (including phenoxy) is 2. The third kappa shape index (κ3) is 7.88. The van der Waals surface area contributed by atoms with Crippen LogP contribution in [0, 0.1) is 0 Å². The molecule has 0 heterocycles. The molecule has 0 spiro atoms. The Balaban J connectivity index is 0.913. The number of alkyl carbamates (subject to hydrolysis) is 2. The smallest absolute Gasteiger partial charge is 0.407 e. The molecule has 4 aromatic carbocycles. The Bertz CT molecular complexity index is 1670. The van der Waals surface area contributed by atoms with E-state index >= 15 is 0 Å². The number of amides is 4. The predicted octanol–water partition coefficient (Wildman–Crippen LogP) is 6.10. The first kappa shape index (κ1) is 35.6. The summed E-state index contributed by atoms with van der Waals surface area (Å²) in [6.45, 7) is 0.210. The molecule has 4 amide bonds. The molecule has 0 aromatic heterocycles. The van der Waals surface area contributed by atoms with Gasteiger partial charge >= 0.3 is 12.2 Å². The van der Waals surface area contributed by atoms with Gasteiger partial charge in [-0.2, -0.15) is 25.3 Å². The van der Waals surface area contributed by atoms with Crippen LogP contribution in [-0.2, 0) is 19.1 Å². The number of rotatable bonds is 13. The molecular formula is C36H34N4O6S4. The van der Waals surface area contributed by atoms with Gasteiger partial charge in [0.25, 0.3) is 11.8 Å². The van der Waals surface area contributed by atoms with E-state index in [1.165, 1.54) is 0 Å². The molecule has 0 fully saturated rings. The maximum absolute atomic E-state index is 12.7. The summed E-state index contributed by atoms with van der Waals surface area (Å²) in [6.07, 6.45) is -1.49. The average molecular weight is 747 g/mol. The molecule has 50 heavy (non-hydrogen) atoms. The molecule has 2 atom stereocenters. The Labute approximate surface area is 308 Å². The summed E-state index contributed by atoms with van der Waals surface area (Å²) < 4.78 is 16.2. The topological polar surface area (TPSA) is 135 Å². The van der Waals surface area contributed by atoms with Crippen LogP contribution in [0.15, 0.2) is 97.1 Å². The Morgan fingerprint density at radius 1 is 0.540 bits per heavy atom. The van der Waals surface area contributed by atoms with Crippen LogP contribution in [0.3, 0.4) is 0 Å². The normalized spacial score (nSPS) is 13.9. The van der Waals surface area contributed by atoms with Crippen LogP contribution in [0.4, 0.5) is 9.59 Å². The molecule has 14 heteroatoms. The Morgan fingerprint density at radius 3 is 1.14 bits per heavy atom. The summed E-state index contributed by atoms with van der Waals surface area (Å²) in [6, 6.07) is 30.0. The highest BCUT2D eigenvalue weighted by Crippen LogP contribution is 2.45. The van der Waals surface area contributed by atoms with Gasteiger partial charge in [-0.15, -0.1) is 0 Å². The molecule has 0 bridgehead atoms. The van der Waals surface area contributed by atoms with E-state index in [1.807, 2.05) is 97.1 Å². The highest BCUT2D eigenvalue weighted by atomic mass is 33.1. The molecular weight excluding hydrogens is 713 g/mol. The predicted molar refractivity (Wildman–Crippen MR) is 203 cm³/mol. The van der Waals surface area contributed by atoms with Gasteiger partial charge in [-0.1, -0.05) is 97.1 Å². The lowest BCUT2D eigenvalue weighted by atomic mass is 9.98. The molecule has 2 aliphatic carbocycles. The van der Waals surface area contributed by atoms with Crippen LogP contribution in [-0.4, -0.2) is 60.8 Å². The van der Waals surface area contributed by atoms with Gasteiger partial charge in [0.1, 0.15) is 25.3 Å². The van der Waals surface area contributed by atoms with Crippen molar-refractivity contribution in [2.45, 2.75) is 23.9 Å². The number of fused-ring (bicyclic) bond motifs is 6. The quantitative estimate of drug-likeness (QED) is 0.0419. The van der Waals surface area contributed by atoms with Gasteiger partial charge in [-0.3, -0.25) is 19.0 Å². The van der Waals surface area contributed by atoms with Gasteiger partial charge in [0.2, 0.25) is 0 Å². The lowest BCUT2D eigenvalue weighted by molar-refractivity contribution is -0.121. The fourth-order valence-electron chi connectivity index (χ4n) is 6.22. The van der Waals surface area contributed by atoms with Gasteiger partial charge in [-0.25, -0.2) is 9.59 Å². The summed E-state index contributed by atoms with van der Waals surface area (Å²) >= 11 is 8.41. The first-order valence-electron chi connectivity index (χ1n) is 15.8. The standard InChI is InChI=1S/C36H34N4O6S4/c41-33(31(19-47)37-35(43)45-17-29-25-13-5-1-9-21(25)22-10-2-6-14-26(22)29)39-49-50-40-34(42)32(20-48)38-36(44)46-18-30-27-15-7-3-11-23(27)24-12-4-8-16-28(24)30/h1-16,29-32,47-48H,17-20H2,(H,37,43)(H,38,44)(H,39,41)(H,40,42)/t31-,32-/m0/s1. The molecule has 10 nitrogen and oxygen atoms in total. The minimum atomic E-state index is -0.988. The SMILES string of the molecule is O=C(N[C@@H](CS)C(=O)NSSNC(=O)[C@H](CS)NC(=O)OCC1c2ccccc2-c2ccccc21)OCC1c2ccccc2-c2ccccc21. The number of hydrogen-bond donors (Lipinski definition) is 6. The lowest BCUT2D eigenvalue weighted by Crippen LogP contribution is -2.47. The summed E-state index contributed by atoms with van der Waals surface area (Å²) in [7, 11) is 1.66. The van der Waals surface area contributed by atoms with Crippen molar-refractivity contribution < 1.29 is 28.7 Å². The van der Waals surface area contributed by atoms with Gasteiger partial charge in [0.15, 0.2) is 0 Å². The van der Waals surface area contributed by atoms with Crippen LogP contribution in [0.1, 0.15) is 34.1 Å². The zero-order valence-electron chi connectivity index (χ0n) is 26.5. The van der Waals surface area contributed by atoms with Gasteiger partial charge in [0.05, 0.1) is 0 Å². The number of carbonyl (C=O) groups is 4. The first-order chi connectivity index (χ1) is 24.4. The minimum Gasteiger partial charge on any atom is -0.449 e. The van der Waals surface area contributed by atoms with Crippen molar-refractivity contribution in [1.82, 2.24) is 20.1 Å². The average Bonchev–Trinajstić information content (AvgIpc) is 3.65. The second-order valence-corrected chi connectivity index (χ2v) is 14.0. The molecule has 0 saturated heterocycles. The number of hydrogen-bond acceptors (Lipinski definition) is 10. The fourth-order valence-corrected chi connectivity index (χ4v) is 8.01. The van der Waals surface area contributed by atoms with Crippen molar-refractivity contribution in [3.8, 4) is 22.3 Å². The molecule has 0 unspecified atom stereocenters. The van der Waals surface area contributed by atoms with E-state index in [0.717, 1.165) is 66.5 Å². The highest BCUT2D eigenvalue weighted by molar-refractivity contribution is 8.75. The Morgan fingerprint density at radius 2 is 0.840 bits per heavy atom. The van der Waals surface area contributed by atoms with Crippen LogP contribution < -0.4 is 20.1 Å². The molecule has 4 N–H and O–H groups in total. The lowest BCUT2D eigenvalue weighted by Gasteiger charge is -2.19. The Hall–Kier alpha value is -4.24. The molecule has 0 saturated carbocycles. The van der Waals surface area contributed by atoms with Crippen molar-refractivity contribution in [2.75, 3.05) is 24.7 Å². The summed E-state index contributed by atoms with van der Waals surface area (Å²) in [4.78, 5) is 50.8. The van der Waals surface area contributed by atoms with Crippen molar-refractivity contribution in [2.24, 2.45) is 0 Å². The first-order valence-corrected chi connectivity index (χ1v) is 19.2. The second-order valence-electron chi connectivity index (χ2n) is 11.5. The Kier molecular flexibility index (Phi) is 11.8. The molecule has 2 aliphatic rings. The van der Waals surface area contributed by atoms with E-state index < -0.39 is 36.1 Å². The van der Waals surface area contributed by atoms with Crippen LogP contribution >= 0.6 is 47.2 Å². The van der Waals surface area contributed by atoms with Crippen LogP contribution in [0.5, 0.6) is 0 Å². The van der Waals surface area contributed by atoms with E-state index in [9.17, 15) is 19.2 Å². The maximum atomic E-state index is 12.7. The fraction of sp³-hybridized carbons (Fsp3) is 0.222. The van der Waals surface area contributed by atoms with E-state index in [0.29, 0.717) is 0 Å². The van der Waals surface area contributed by atoms with Crippen LogP contribution in [0.25, 0.3) is 22.3 Å². The third-order valence-corrected chi connectivity index (χ3v) is 10.7. The second kappa shape index (κ2) is 16.6. The monoisotopic (exact) mass is 746 g/mol. The molecule has 6 rings (SSSR count). The van der Waals surface area contributed by atoms with Gasteiger partial charge in [-0.05, 0) is 44.5 Å². The maximum Gasteiger partial charge on any atom is 0.407 e. The molecule has 0 aliphatic heterocycles. The summed E-state index contributed by atoms with van der Waals surface area (Å²) in [5.41, 5.74) is 8.76. The van der Waals surface area contributed by atoms with Crippen molar-refractivity contribution in [3.05, 3.63) is 119 Å². The van der Waals surface area contributed by atoms with Crippen LogP contribution in [0.2, 0.25) is 0 Å². The molecule has 258 valence electrons.